The van der Waals surface area contributed by atoms with Crippen molar-refractivity contribution in [2.24, 2.45) is 5.73 Å². The molecule has 30 heavy (non-hydrogen) atoms. The number of rotatable bonds is 2. The molecule has 4 nitrogen and oxygen atoms in total. The Morgan fingerprint density at radius 1 is 1.03 bits per heavy atom. The van der Waals surface area contributed by atoms with Gasteiger partial charge in [0.1, 0.15) is 17.4 Å². The van der Waals surface area contributed by atoms with E-state index >= 15 is 0 Å². The number of Topliss-reactive ketones (excluding diaryl/α,β-unsaturated/α-hetero) is 1. The number of carbonyl (C=O) groups excluding carboxylic acids is 1. The van der Waals surface area contributed by atoms with Crippen LogP contribution in [0.2, 0.25) is 0 Å². The summed E-state index contributed by atoms with van der Waals surface area (Å²) in [5, 5.41) is 9.61. The van der Waals surface area contributed by atoms with Gasteiger partial charge >= 0.3 is 6.18 Å². The summed E-state index contributed by atoms with van der Waals surface area (Å²) in [6.45, 7) is 0. The molecule has 0 saturated heterocycles. The highest BCUT2D eigenvalue weighted by Gasteiger charge is 2.44. The van der Waals surface area contributed by atoms with E-state index in [1.807, 2.05) is 36.4 Å². The van der Waals surface area contributed by atoms with E-state index in [1.54, 1.807) is 0 Å². The molecule has 1 aliphatic heterocycles. The molecule has 2 aromatic rings. The van der Waals surface area contributed by atoms with Crippen molar-refractivity contribution in [1.29, 1.82) is 5.26 Å². The van der Waals surface area contributed by atoms with E-state index in [0.717, 1.165) is 11.6 Å². The van der Waals surface area contributed by atoms with Crippen molar-refractivity contribution in [1.82, 2.24) is 0 Å². The van der Waals surface area contributed by atoms with Gasteiger partial charge in [0.05, 0.1) is 11.5 Å². The minimum atomic E-state index is -4.64. The molecule has 4 rings (SSSR count). The minimum Gasteiger partial charge on any atom is -0.444 e. The molecule has 2 aromatic carbocycles. The Kier molecular flexibility index (Phi) is 4.86. The maximum absolute atomic E-state index is 13.7. The molecule has 0 saturated carbocycles. The Labute approximate surface area is 171 Å². The molecule has 1 heterocycles. The van der Waals surface area contributed by atoms with E-state index in [-0.39, 0.29) is 46.5 Å². The van der Waals surface area contributed by atoms with Gasteiger partial charge < -0.3 is 10.5 Å². The molecule has 0 spiro atoms. The molecular formula is C23H17F3N2O2. The van der Waals surface area contributed by atoms with Gasteiger partial charge in [-0.2, -0.15) is 18.4 Å². The van der Waals surface area contributed by atoms with Crippen LogP contribution in [0.4, 0.5) is 13.2 Å². The van der Waals surface area contributed by atoms with Crippen LogP contribution in [0, 0.1) is 11.3 Å². The molecule has 0 unspecified atom stereocenters. The zero-order valence-corrected chi connectivity index (χ0v) is 15.7. The summed E-state index contributed by atoms with van der Waals surface area (Å²) in [4.78, 5) is 13.1. The summed E-state index contributed by atoms with van der Waals surface area (Å²) >= 11 is 0. The monoisotopic (exact) mass is 410 g/mol. The smallest absolute Gasteiger partial charge is 0.416 e. The molecular weight excluding hydrogens is 393 g/mol. The quantitative estimate of drug-likeness (QED) is 0.763. The molecule has 0 aromatic heterocycles. The Hall–Kier alpha value is -3.53. The van der Waals surface area contributed by atoms with Crippen LogP contribution in [0.5, 0.6) is 0 Å². The average molecular weight is 410 g/mol. The second kappa shape index (κ2) is 7.38. The number of nitriles is 1. The Balaban J connectivity index is 1.86. The normalized spacial score (nSPS) is 21.7. The summed E-state index contributed by atoms with van der Waals surface area (Å²) < 4.78 is 46.6. The van der Waals surface area contributed by atoms with Gasteiger partial charge in [-0.25, -0.2) is 0 Å². The zero-order chi connectivity index (χ0) is 21.5. The molecule has 152 valence electrons. The lowest BCUT2D eigenvalue weighted by atomic mass is 9.73. The van der Waals surface area contributed by atoms with E-state index in [1.165, 1.54) is 18.2 Å². The molecule has 0 amide bonds. The third-order valence-corrected chi connectivity index (χ3v) is 5.51. The number of halogens is 3. The standard InChI is InChI=1S/C23H17F3N2O2/c24-23(25,26)17-9-5-4-8-15(17)20-16(12-27)22(28)30-19-11-14(10-18(29)21(19)20)13-6-2-1-3-7-13/h1-9,14,20H,10-11,28H2/t14-,20-/m1/s1. The van der Waals surface area contributed by atoms with Crippen molar-refractivity contribution in [2.45, 2.75) is 30.9 Å². The first-order valence-electron chi connectivity index (χ1n) is 9.36. The first kappa shape index (κ1) is 19.8. The van der Waals surface area contributed by atoms with Crippen LogP contribution in [-0.4, -0.2) is 5.78 Å². The predicted molar refractivity (Wildman–Crippen MR) is 103 cm³/mol. The number of ether oxygens (including phenoxy) is 1. The van der Waals surface area contributed by atoms with Crippen LogP contribution >= 0.6 is 0 Å². The first-order chi connectivity index (χ1) is 14.3. The number of nitrogens with zero attached hydrogens (tertiary/aromatic N) is 1. The van der Waals surface area contributed by atoms with E-state index in [9.17, 15) is 23.2 Å². The molecule has 0 bridgehead atoms. The van der Waals surface area contributed by atoms with E-state index in [0.29, 0.717) is 6.42 Å². The van der Waals surface area contributed by atoms with Crippen LogP contribution in [0.25, 0.3) is 0 Å². The highest BCUT2D eigenvalue weighted by Crippen LogP contribution is 2.49. The van der Waals surface area contributed by atoms with Crippen LogP contribution in [0.15, 0.2) is 77.4 Å². The minimum absolute atomic E-state index is 0.0876. The van der Waals surface area contributed by atoms with Gasteiger partial charge in [0.25, 0.3) is 0 Å². The highest BCUT2D eigenvalue weighted by atomic mass is 19.4. The number of carbonyl (C=O) groups is 1. The summed E-state index contributed by atoms with van der Waals surface area (Å²) in [6, 6.07) is 16.2. The molecule has 2 aliphatic rings. The average Bonchev–Trinajstić information content (AvgIpc) is 2.72. The Morgan fingerprint density at radius 3 is 2.37 bits per heavy atom. The van der Waals surface area contributed by atoms with Gasteiger partial charge in [0, 0.05) is 18.4 Å². The number of ketones is 1. The third-order valence-electron chi connectivity index (χ3n) is 5.51. The SMILES string of the molecule is N#CC1=C(N)OC2=C(C(=O)C[C@@H](c3ccccc3)C2)[C@@H]1c1ccccc1C(F)(F)F. The fraction of sp³-hybridized carbons (Fsp3) is 0.217. The van der Waals surface area contributed by atoms with Crippen molar-refractivity contribution < 1.29 is 22.7 Å². The molecule has 1 aliphatic carbocycles. The molecule has 0 fully saturated rings. The second-order valence-corrected chi connectivity index (χ2v) is 7.29. The maximum Gasteiger partial charge on any atom is 0.416 e. The van der Waals surface area contributed by atoms with Gasteiger partial charge in [0.15, 0.2) is 5.78 Å². The fourth-order valence-corrected chi connectivity index (χ4v) is 4.19. The summed E-state index contributed by atoms with van der Waals surface area (Å²) in [5.74, 6) is -1.75. The van der Waals surface area contributed by atoms with Crippen LogP contribution in [0.1, 0.15) is 41.4 Å². The van der Waals surface area contributed by atoms with Crippen LogP contribution < -0.4 is 5.73 Å². The van der Waals surface area contributed by atoms with Crippen molar-refractivity contribution in [3.8, 4) is 6.07 Å². The molecule has 7 heteroatoms. The first-order valence-corrected chi connectivity index (χ1v) is 9.36. The van der Waals surface area contributed by atoms with Crippen molar-refractivity contribution >= 4 is 5.78 Å². The Bertz CT molecular complexity index is 1110. The van der Waals surface area contributed by atoms with Gasteiger partial charge in [-0.3, -0.25) is 4.79 Å². The summed E-state index contributed by atoms with van der Waals surface area (Å²) in [5.41, 5.74) is 5.68. The zero-order valence-electron chi connectivity index (χ0n) is 15.7. The van der Waals surface area contributed by atoms with Crippen molar-refractivity contribution in [2.75, 3.05) is 0 Å². The van der Waals surface area contributed by atoms with Crippen molar-refractivity contribution in [3.63, 3.8) is 0 Å². The lowest BCUT2D eigenvalue weighted by molar-refractivity contribution is -0.138. The lowest BCUT2D eigenvalue weighted by Gasteiger charge is -2.34. The van der Waals surface area contributed by atoms with Gasteiger partial charge in [-0.15, -0.1) is 0 Å². The van der Waals surface area contributed by atoms with Crippen molar-refractivity contribution in [3.05, 3.63) is 94.1 Å². The molecule has 0 radical (unpaired) electrons. The summed E-state index contributed by atoms with van der Waals surface area (Å²) in [6.07, 6.45) is -4.21. The highest BCUT2D eigenvalue weighted by molar-refractivity contribution is 6.00. The third kappa shape index (κ3) is 3.35. The van der Waals surface area contributed by atoms with E-state index in [4.69, 9.17) is 10.5 Å². The lowest BCUT2D eigenvalue weighted by Crippen LogP contribution is -2.30. The number of benzene rings is 2. The summed E-state index contributed by atoms with van der Waals surface area (Å²) in [7, 11) is 0. The van der Waals surface area contributed by atoms with Gasteiger partial charge in [0.2, 0.25) is 5.88 Å². The second-order valence-electron chi connectivity index (χ2n) is 7.29. The van der Waals surface area contributed by atoms with E-state index in [2.05, 4.69) is 0 Å². The largest absolute Gasteiger partial charge is 0.444 e. The maximum atomic E-state index is 13.7. The predicted octanol–water partition coefficient (Wildman–Crippen LogP) is 4.91. The fourth-order valence-electron chi connectivity index (χ4n) is 4.19. The number of nitrogens with two attached hydrogens (primary N) is 1. The topological polar surface area (TPSA) is 76.1 Å². The van der Waals surface area contributed by atoms with Gasteiger partial charge in [-0.05, 0) is 23.1 Å². The molecule has 2 atom stereocenters. The number of hydrogen-bond donors (Lipinski definition) is 1. The van der Waals surface area contributed by atoms with Crippen LogP contribution in [-0.2, 0) is 15.7 Å². The number of alkyl halides is 3. The van der Waals surface area contributed by atoms with Gasteiger partial charge in [-0.1, -0.05) is 48.5 Å². The number of allylic oxidation sites excluding steroid dienone is 3. The van der Waals surface area contributed by atoms with Crippen LogP contribution in [0.3, 0.4) is 0 Å². The Morgan fingerprint density at radius 2 is 1.70 bits per heavy atom. The number of hydrogen-bond acceptors (Lipinski definition) is 4. The van der Waals surface area contributed by atoms with E-state index < -0.39 is 17.7 Å². The molecule has 2 N–H and O–H groups in total.